The molecule has 0 aromatic carbocycles. The van der Waals surface area contributed by atoms with E-state index in [9.17, 15) is 4.79 Å². The van der Waals surface area contributed by atoms with Crippen LogP contribution in [0.3, 0.4) is 0 Å². The Morgan fingerprint density at radius 3 is 3.13 bits per heavy atom. The standard InChI is InChI=1S/C10H14ClNO2S/c1-14-7-8(11)4-5-12-10(13)9-3-2-6-15-9/h2-3,6,8H,4-5,7H2,1H3,(H,12,13). The molecule has 3 nitrogen and oxygen atoms in total. The van der Waals surface area contributed by atoms with Crippen molar-refractivity contribution >= 4 is 28.8 Å². The predicted octanol–water partition coefficient (Wildman–Crippen LogP) is 2.12. The second kappa shape index (κ2) is 6.82. The highest BCUT2D eigenvalue weighted by atomic mass is 35.5. The fourth-order valence-corrected chi connectivity index (χ4v) is 1.98. The van der Waals surface area contributed by atoms with E-state index in [0.29, 0.717) is 19.6 Å². The first-order chi connectivity index (χ1) is 7.24. The summed E-state index contributed by atoms with van der Waals surface area (Å²) in [6.07, 6.45) is 0.715. The van der Waals surface area contributed by atoms with Crippen molar-refractivity contribution in [3.63, 3.8) is 0 Å². The van der Waals surface area contributed by atoms with Crippen molar-refractivity contribution in [3.05, 3.63) is 22.4 Å². The number of ether oxygens (including phenoxy) is 1. The molecule has 1 rings (SSSR count). The van der Waals surface area contributed by atoms with Crippen LogP contribution in [-0.4, -0.2) is 31.5 Å². The quantitative estimate of drug-likeness (QED) is 0.782. The van der Waals surface area contributed by atoms with E-state index in [1.54, 1.807) is 13.2 Å². The first kappa shape index (κ1) is 12.5. The molecule has 1 N–H and O–H groups in total. The van der Waals surface area contributed by atoms with Gasteiger partial charge in [-0.15, -0.1) is 22.9 Å². The summed E-state index contributed by atoms with van der Waals surface area (Å²) in [4.78, 5) is 12.2. The van der Waals surface area contributed by atoms with Crippen LogP contribution in [-0.2, 0) is 4.74 Å². The maximum atomic E-state index is 11.5. The molecule has 0 radical (unpaired) electrons. The molecule has 1 aromatic rings. The van der Waals surface area contributed by atoms with Crippen molar-refractivity contribution in [2.45, 2.75) is 11.8 Å². The molecule has 0 saturated heterocycles. The van der Waals surface area contributed by atoms with E-state index in [1.807, 2.05) is 11.4 Å². The number of halogens is 1. The fraction of sp³-hybridized carbons (Fsp3) is 0.500. The number of hydrogen-bond acceptors (Lipinski definition) is 3. The number of methoxy groups -OCH3 is 1. The van der Waals surface area contributed by atoms with E-state index >= 15 is 0 Å². The van der Waals surface area contributed by atoms with Crippen LogP contribution in [0.15, 0.2) is 17.5 Å². The molecule has 5 heteroatoms. The minimum absolute atomic E-state index is 0.0358. The number of thiophene rings is 1. The summed E-state index contributed by atoms with van der Waals surface area (Å²) in [5.74, 6) is -0.0358. The SMILES string of the molecule is COCC(Cl)CCNC(=O)c1cccs1. The maximum absolute atomic E-state index is 11.5. The lowest BCUT2D eigenvalue weighted by atomic mass is 10.3. The highest BCUT2D eigenvalue weighted by Crippen LogP contribution is 2.08. The van der Waals surface area contributed by atoms with Crippen LogP contribution >= 0.6 is 22.9 Å². The number of rotatable bonds is 6. The smallest absolute Gasteiger partial charge is 0.261 e. The van der Waals surface area contributed by atoms with Gasteiger partial charge in [0.05, 0.1) is 16.9 Å². The van der Waals surface area contributed by atoms with E-state index < -0.39 is 0 Å². The Hall–Kier alpha value is -0.580. The van der Waals surface area contributed by atoms with Gasteiger partial charge in [0.15, 0.2) is 0 Å². The molecule has 84 valence electrons. The topological polar surface area (TPSA) is 38.3 Å². The van der Waals surface area contributed by atoms with Crippen LogP contribution in [0.25, 0.3) is 0 Å². The minimum Gasteiger partial charge on any atom is -0.383 e. The Balaban J connectivity index is 2.18. The van der Waals surface area contributed by atoms with Crippen molar-refractivity contribution in [1.29, 1.82) is 0 Å². The summed E-state index contributed by atoms with van der Waals surface area (Å²) < 4.78 is 4.89. The molecule has 1 amide bonds. The highest BCUT2D eigenvalue weighted by Gasteiger charge is 2.07. The van der Waals surface area contributed by atoms with Gasteiger partial charge in [-0.1, -0.05) is 6.07 Å². The molecule has 0 saturated carbocycles. The van der Waals surface area contributed by atoms with E-state index in [4.69, 9.17) is 16.3 Å². The Bertz CT molecular complexity index is 290. The summed E-state index contributed by atoms with van der Waals surface area (Å²) in [6.45, 7) is 1.09. The molecule has 15 heavy (non-hydrogen) atoms. The summed E-state index contributed by atoms with van der Waals surface area (Å²) >= 11 is 7.35. The molecule has 1 atom stereocenters. The third kappa shape index (κ3) is 4.64. The van der Waals surface area contributed by atoms with Gasteiger partial charge < -0.3 is 10.1 Å². The number of carbonyl (C=O) groups is 1. The van der Waals surface area contributed by atoms with Crippen molar-refractivity contribution in [2.24, 2.45) is 0 Å². The van der Waals surface area contributed by atoms with E-state index in [1.165, 1.54) is 11.3 Å². The number of nitrogens with one attached hydrogen (secondary N) is 1. The van der Waals surface area contributed by atoms with Gasteiger partial charge in [0, 0.05) is 13.7 Å². The van der Waals surface area contributed by atoms with E-state index in [2.05, 4.69) is 5.32 Å². The molecular formula is C10H14ClNO2S. The monoisotopic (exact) mass is 247 g/mol. The van der Waals surface area contributed by atoms with Gasteiger partial charge >= 0.3 is 0 Å². The second-order valence-corrected chi connectivity index (χ2v) is 4.64. The number of hydrogen-bond donors (Lipinski definition) is 1. The van der Waals surface area contributed by atoms with Crippen LogP contribution in [0.5, 0.6) is 0 Å². The van der Waals surface area contributed by atoms with Crippen LogP contribution in [0.2, 0.25) is 0 Å². The highest BCUT2D eigenvalue weighted by molar-refractivity contribution is 7.12. The predicted molar refractivity (Wildman–Crippen MR) is 62.8 cm³/mol. The summed E-state index contributed by atoms with van der Waals surface area (Å²) in [5.41, 5.74) is 0. The lowest BCUT2D eigenvalue weighted by molar-refractivity contribution is 0.0956. The first-order valence-corrected chi connectivity index (χ1v) is 6.00. The van der Waals surface area contributed by atoms with Crippen LogP contribution < -0.4 is 5.32 Å². The zero-order valence-corrected chi connectivity index (χ0v) is 10.1. The van der Waals surface area contributed by atoms with Gasteiger partial charge in [-0.3, -0.25) is 4.79 Å². The summed E-state index contributed by atoms with van der Waals surface area (Å²) in [6, 6.07) is 3.65. The molecule has 1 aromatic heterocycles. The van der Waals surface area contributed by atoms with Crippen LogP contribution in [0, 0.1) is 0 Å². The average molecular weight is 248 g/mol. The van der Waals surface area contributed by atoms with Gasteiger partial charge in [0.25, 0.3) is 5.91 Å². The summed E-state index contributed by atoms with van der Waals surface area (Å²) in [7, 11) is 1.61. The average Bonchev–Trinajstić information content (AvgIpc) is 2.70. The van der Waals surface area contributed by atoms with Crippen molar-refractivity contribution in [1.82, 2.24) is 5.32 Å². The van der Waals surface area contributed by atoms with E-state index in [-0.39, 0.29) is 11.3 Å². The Kier molecular flexibility index (Phi) is 5.68. The maximum Gasteiger partial charge on any atom is 0.261 e. The van der Waals surface area contributed by atoms with Gasteiger partial charge in [-0.25, -0.2) is 0 Å². The molecular weight excluding hydrogens is 234 g/mol. The molecule has 0 fully saturated rings. The van der Waals surface area contributed by atoms with Gasteiger partial charge in [0.1, 0.15) is 0 Å². The zero-order chi connectivity index (χ0) is 11.1. The first-order valence-electron chi connectivity index (χ1n) is 4.68. The molecule has 0 aliphatic rings. The zero-order valence-electron chi connectivity index (χ0n) is 8.53. The number of alkyl halides is 1. The van der Waals surface area contributed by atoms with Crippen molar-refractivity contribution < 1.29 is 9.53 Å². The summed E-state index contributed by atoms with van der Waals surface area (Å²) in [5, 5.41) is 4.64. The van der Waals surface area contributed by atoms with E-state index in [0.717, 1.165) is 4.88 Å². The third-order valence-electron chi connectivity index (χ3n) is 1.84. The second-order valence-electron chi connectivity index (χ2n) is 3.07. The molecule has 1 unspecified atom stereocenters. The number of amides is 1. The van der Waals surface area contributed by atoms with Crippen molar-refractivity contribution in [2.75, 3.05) is 20.3 Å². The lowest BCUT2D eigenvalue weighted by Gasteiger charge is -2.08. The molecule has 0 spiro atoms. The Morgan fingerprint density at radius 1 is 1.73 bits per heavy atom. The Labute approximate surface area is 98.4 Å². The van der Waals surface area contributed by atoms with Gasteiger partial charge in [-0.2, -0.15) is 0 Å². The molecule has 0 bridgehead atoms. The normalized spacial score (nSPS) is 12.4. The molecule has 1 heterocycles. The van der Waals surface area contributed by atoms with Crippen molar-refractivity contribution in [3.8, 4) is 0 Å². The largest absolute Gasteiger partial charge is 0.383 e. The van der Waals surface area contributed by atoms with Crippen LogP contribution in [0.1, 0.15) is 16.1 Å². The van der Waals surface area contributed by atoms with Gasteiger partial charge in [-0.05, 0) is 17.9 Å². The molecule has 0 aliphatic heterocycles. The van der Waals surface area contributed by atoms with Gasteiger partial charge in [0.2, 0.25) is 0 Å². The fourth-order valence-electron chi connectivity index (χ4n) is 1.10. The Morgan fingerprint density at radius 2 is 2.53 bits per heavy atom. The minimum atomic E-state index is -0.0429. The lowest BCUT2D eigenvalue weighted by Crippen LogP contribution is -2.26. The van der Waals surface area contributed by atoms with Crippen LogP contribution in [0.4, 0.5) is 0 Å². The number of carbonyl (C=O) groups excluding carboxylic acids is 1. The molecule has 0 aliphatic carbocycles. The third-order valence-corrected chi connectivity index (χ3v) is 3.05.